The number of sulfonamides is 1. The second kappa shape index (κ2) is 7.91. The maximum atomic E-state index is 12.2. The van der Waals surface area contributed by atoms with Crippen LogP contribution in [-0.2, 0) is 21.2 Å². The first kappa shape index (κ1) is 18.6. The molecule has 0 aliphatic heterocycles. The number of carbonyl (C=O) groups is 2. The van der Waals surface area contributed by atoms with E-state index in [0.29, 0.717) is 11.3 Å². The lowest BCUT2D eigenvalue weighted by Crippen LogP contribution is -2.29. The lowest BCUT2D eigenvalue weighted by Gasteiger charge is -2.08. The molecule has 0 fully saturated rings. The second-order valence-corrected chi connectivity index (χ2v) is 7.01. The lowest BCUT2D eigenvalue weighted by atomic mass is 10.1. The van der Waals surface area contributed by atoms with E-state index < -0.39 is 22.5 Å². The second-order valence-electron chi connectivity index (χ2n) is 5.25. The van der Waals surface area contributed by atoms with Gasteiger partial charge in [0, 0.05) is 11.3 Å². The van der Waals surface area contributed by atoms with Gasteiger partial charge in [0.1, 0.15) is 6.54 Å². The van der Waals surface area contributed by atoms with E-state index in [1.165, 1.54) is 24.3 Å². The molecule has 0 aromatic heterocycles. The minimum absolute atomic E-state index is 0.0842. The van der Waals surface area contributed by atoms with Gasteiger partial charge in [-0.1, -0.05) is 19.1 Å². The van der Waals surface area contributed by atoms with E-state index >= 15 is 0 Å². The summed E-state index contributed by atoms with van der Waals surface area (Å²) in [4.78, 5) is 22.5. The predicted molar refractivity (Wildman–Crippen MR) is 93.0 cm³/mol. The average molecular weight is 362 g/mol. The molecule has 0 saturated carbocycles. The molecule has 8 heteroatoms. The first-order valence-corrected chi connectivity index (χ1v) is 9.02. The Morgan fingerprint density at radius 1 is 1.00 bits per heavy atom. The van der Waals surface area contributed by atoms with Gasteiger partial charge in [-0.05, 0) is 48.4 Å². The summed E-state index contributed by atoms with van der Waals surface area (Å²) in [7, 11) is -3.90. The van der Waals surface area contributed by atoms with Crippen molar-refractivity contribution >= 4 is 27.6 Å². The number of hydrogen-bond acceptors (Lipinski definition) is 4. The Hall–Kier alpha value is -2.71. The minimum Gasteiger partial charge on any atom is -0.480 e. The Morgan fingerprint density at radius 3 is 2.12 bits per heavy atom. The molecule has 0 aliphatic carbocycles. The molecule has 0 aliphatic rings. The Kier molecular flexibility index (Phi) is 5.89. The van der Waals surface area contributed by atoms with Crippen molar-refractivity contribution in [1.82, 2.24) is 4.72 Å². The van der Waals surface area contributed by atoms with Crippen LogP contribution in [0.3, 0.4) is 0 Å². The number of carbonyl (C=O) groups excluding carboxylic acids is 1. The van der Waals surface area contributed by atoms with Gasteiger partial charge in [0.05, 0.1) is 4.90 Å². The number of nitrogens with one attached hydrogen (secondary N) is 2. The van der Waals surface area contributed by atoms with Crippen LogP contribution in [0.2, 0.25) is 0 Å². The topological polar surface area (TPSA) is 113 Å². The Bertz CT molecular complexity index is 859. The summed E-state index contributed by atoms with van der Waals surface area (Å²) in [5, 5.41) is 11.2. The van der Waals surface area contributed by atoms with E-state index in [9.17, 15) is 18.0 Å². The van der Waals surface area contributed by atoms with Crippen molar-refractivity contribution in [3.05, 3.63) is 59.7 Å². The normalized spacial score (nSPS) is 11.1. The van der Waals surface area contributed by atoms with Gasteiger partial charge in [-0.25, -0.2) is 8.42 Å². The third-order valence-electron chi connectivity index (χ3n) is 3.46. The van der Waals surface area contributed by atoms with Gasteiger partial charge in [0.2, 0.25) is 10.0 Å². The van der Waals surface area contributed by atoms with Gasteiger partial charge in [0.15, 0.2) is 0 Å². The molecule has 0 radical (unpaired) electrons. The molecule has 3 N–H and O–H groups in total. The van der Waals surface area contributed by atoms with Crippen LogP contribution in [-0.4, -0.2) is 31.9 Å². The van der Waals surface area contributed by atoms with Gasteiger partial charge < -0.3 is 10.4 Å². The molecular formula is C17H18N2O5S. The molecule has 1 amide bonds. The molecule has 0 atom stereocenters. The number of hydrogen-bond donors (Lipinski definition) is 3. The monoisotopic (exact) mass is 362 g/mol. The first-order valence-electron chi connectivity index (χ1n) is 7.53. The molecule has 0 spiro atoms. The summed E-state index contributed by atoms with van der Waals surface area (Å²) in [5.74, 6) is -1.58. The van der Waals surface area contributed by atoms with E-state index in [2.05, 4.69) is 5.32 Å². The number of rotatable bonds is 7. The van der Waals surface area contributed by atoms with Crippen LogP contribution >= 0.6 is 0 Å². The van der Waals surface area contributed by atoms with Gasteiger partial charge in [-0.2, -0.15) is 4.72 Å². The molecule has 0 saturated heterocycles. The number of aryl methyl sites for hydroxylation is 1. The SMILES string of the molecule is CCc1ccc(C(=O)Nc2ccc(S(=O)(=O)NCC(=O)O)cc2)cc1. The zero-order valence-corrected chi connectivity index (χ0v) is 14.3. The van der Waals surface area contributed by atoms with Gasteiger partial charge in [-0.3, -0.25) is 9.59 Å². The molecule has 2 rings (SSSR count). The van der Waals surface area contributed by atoms with Gasteiger partial charge >= 0.3 is 5.97 Å². The maximum absolute atomic E-state index is 12.2. The minimum atomic E-state index is -3.90. The zero-order chi connectivity index (χ0) is 18.4. The molecule has 2 aromatic carbocycles. The quantitative estimate of drug-likeness (QED) is 0.696. The fourth-order valence-corrected chi connectivity index (χ4v) is 3.03. The van der Waals surface area contributed by atoms with Crippen LogP contribution < -0.4 is 10.0 Å². The Balaban J connectivity index is 2.06. The van der Waals surface area contributed by atoms with Crippen molar-refractivity contribution in [3.8, 4) is 0 Å². The fraction of sp³-hybridized carbons (Fsp3) is 0.176. The predicted octanol–water partition coefficient (Wildman–Crippen LogP) is 1.86. The van der Waals surface area contributed by atoms with E-state index in [1.807, 2.05) is 23.8 Å². The number of carboxylic acids is 1. The highest BCUT2D eigenvalue weighted by Crippen LogP contribution is 2.15. The molecule has 132 valence electrons. The Morgan fingerprint density at radius 2 is 1.60 bits per heavy atom. The third kappa shape index (κ3) is 5.13. The van der Waals surface area contributed by atoms with Crippen molar-refractivity contribution in [2.24, 2.45) is 0 Å². The number of aliphatic carboxylic acids is 1. The van der Waals surface area contributed by atoms with Crippen molar-refractivity contribution in [2.75, 3.05) is 11.9 Å². The summed E-state index contributed by atoms with van der Waals surface area (Å²) in [6.07, 6.45) is 0.883. The standard InChI is InChI=1S/C17H18N2O5S/c1-2-12-3-5-13(6-4-12)17(22)19-14-7-9-15(10-8-14)25(23,24)18-11-16(20)21/h3-10,18H,2,11H2,1H3,(H,19,22)(H,20,21). The highest BCUT2D eigenvalue weighted by atomic mass is 32.2. The van der Waals surface area contributed by atoms with E-state index in [-0.39, 0.29) is 10.8 Å². The zero-order valence-electron chi connectivity index (χ0n) is 13.5. The van der Waals surface area contributed by atoms with Crippen molar-refractivity contribution in [2.45, 2.75) is 18.2 Å². The van der Waals surface area contributed by atoms with Crippen LogP contribution in [0.1, 0.15) is 22.8 Å². The number of anilines is 1. The number of carboxylic acid groups (broad SMARTS) is 1. The largest absolute Gasteiger partial charge is 0.480 e. The van der Waals surface area contributed by atoms with Gasteiger partial charge in [-0.15, -0.1) is 0 Å². The van der Waals surface area contributed by atoms with Crippen LogP contribution in [0.15, 0.2) is 53.4 Å². The van der Waals surface area contributed by atoms with Crippen LogP contribution in [0.5, 0.6) is 0 Å². The van der Waals surface area contributed by atoms with E-state index in [1.54, 1.807) is 12.1 Å². The van der Waals surface area contributed by atoms with Crippen molar-refractivity contribution in [3.63, 3.8) is 0 Å². The summed E-state index contributed by atoms with van der Waals surface area (Å²) >= 11 is 0. The number of benzene rings is 2. The first-order chi connectivity index (χ1) is 11.8. The molecule has 2 aromatic rings. The fourth-order valence-electron chi connectivity index (χ4n) is 2.05. The molecule has 0 heterocycles. The van der Waals surface area contributed by atoms with Crippen LogP contribution in [0, 0.1) is 0 Å². The summed E-state index contributed by atoms with van der Waals surface area (Å²) in [5.41, 5.74) is 2.05. The molecule has 0 unspecified atom stereocenters. The van der Waals surface area contributed by atoms with Crippen LogP contribution in [0.4, 0.5) is 5.69 Å². The summed E-state index contributed by atoms with van der Waals surface area (Å²) in [6, 6.07) is 12.7. The third-order valence-corrected chi connectivity index (χ3v) is 4.88. The highest BCUT2D eigenvalue weighted by Gasteiger charge is 2.15. The molecular weight excluding hydrogens is 344 g/mol. The maximum Gasteiger partial charge on any atom is 0.318 e. The smallest absolute Gasteiger partial charge is 0.318 e. The molecule has 0 bridgehead atoms. The van der Waals surface area contributed by atoms with Crippen molar-refractivity contribution in [1.29, 1.82) is 0 Å². The molecule has 7 nitrogen and oxygen atoms in total. The Labute approximate surface area is 145 Å². The van der Waals surface area contributed by atoms with Gasteiger partial charge in [0.25, 0.3) is 5.91 Å². The van der Waals surface area contributed by atoms with E-state index in [4.69, 9.17) is 5.11 Å². The molecule has 25 heavy (non-hydrogen) atoms. The van der Waals surface area contributed by atoms with Crippen LogP contribution in [0.25, 0.3) is 0 Å². The lowest BCUT2D eigenvalue weighted by molar-refractivity contribution is -0.135. The highest BCUT2D eigenvalue weighted by molar-refractivity contribution is 7.89. The van der Waals surface area contributed by atoms with E-state index in [0.717, 1.165) is 12.0 Å². The summed E-state index contributed by atoms with van der Waals surface area (Å²) in [6.45, 7) is 1.32. The van der Waals surface area contributed by atoms with Crippen molar-refractivity contribution < 1.29 is 23.1 Å². The average Bonchev–Trinajstić information content (AvgIpc) is 2.60. The summed E-state index contributed by atoms with van der Waals surface area (Å²) < 4.78 is 25.7. The number of amides is 1.